The van der Waals surface area contributed by atoms with Crippen LogP contribution in [0.2, 0.25) is 0 Å². The van der Waals surface area contributed by atoms with Gasteiger partial charge in [-0.15, -0.1) is 5.10 Å². The average molecular weight is 245 g/mol. The van der Waals surface area contributed by atoms with Gasteiger partial charge in [-0.2, -0.15) is 0 Å². The Kier molecular flexibility index (Phi) is 2.66. The molecule has 18 heavy (non-hydrogen) atoms. The number of hydrogen-bond donors (Lipinski definition) is 0. The van der Waals surface area contributed by atoms with Crippen LogP contribution in [-0.4, -0.2) is 21.3 Å². The highest BCUT2D eigenvalue weighted by molar-refractivity contribution is 5.74. The summed E-state index contributed by atoms with van der Waals surface area (Å²) in [5, 5.41) is 7.84. The molecule has 1 aromatic carbocycles. The van der Waals surface area contributed by atoms with Crippen molar-refractivity contribution in [2.45, 2.75) is 25.2 Å². The van der Waals surface area contributed by atoms with Crippen molar-refractivity contribution >= 4 is 6.29 Å². The highest BCUT2D eigenvalue weighted by Crippen LogP contribution is 2.37. The fourth-order valence-corrected chi connectivity index (χ4v) is 2.25. The summed E-state index contributed by atoms with van der Waals surface area (Å²) >= 11 is 0. The molecule has 0 bridgehead atoms. The van der Waals surface area contributed by atoms with Gasteiger partial charge in [0.25, 0.3) is 0 Å². The number of aromatic nitrogens is 3. The van der Waals surface area contributed by atoms with Crippen LogP contribution in [0.4, 0.5) is 4.39 Å². The minimum absolute atomic E-state index is 0.309. The quantitative estimate of drug-likeness (QED) is 0.780. The molecule has 0 atom stereocenters. The summed E-state index contributed by atoms with van der Waals surface area (Å²) in [5.74, 6) is -0.0151. The van der Waals surface area contributed by atoms with Crippen LogP contribution in [0.3, 0.4) is 0 Å². The first-order valence-corrected chi connectivity index (χ1v) is 5.96. The fraction of sp³-hybridized carbons (Fsp3) is 0.308. The number of benzene rings is 1. The van der Waals surface area contributed by atoms with Crippen molar-refractivity contribution in [2.24, 2.45) is 0 Å². The highest BCUT2D eigenvalue weighted by Gasteiger charge is 2.28. The molecule has 0 unspecified atom stereocenters. The summed E-state index contributed by atoms with van der Waals surface area (Å²) in [7, 11) is 0. The molecule has 1 fully saturated rings. The third-order valence-corrected chi connectivity index (χ3v) is 3.39. The Morgan fingerprint density at radius 1 is 1.39 bits per heavy atom. The van der Waals surface area contributed by atoms with Gasteiger partial charge < -0.3 is 0 Å². The first kappa shape index (κ1) is 11.1. The summed E-state index contributed by atoms with van der Waals surface area (Å²) < 4.78 is 14.8. The molecule has 0 radical (unpaired) electrons. The Morgan fingerprint density at radius 2 is 2.22 bits per heavy atom. The molecular formula is C13H12FN3O. The smallest absolute Gasteiger partial charge is 0.172 e. The number of nitrogens with zero attached hydrogens (tertiary/aromatic N) is 3. The van der Waals surface area contributed by atoms with Crippen LogP contribution in [0, 0.1) is 5.82 Å². The molecule has 1 aliphatic carbocycles. The minimum Gasteiger partial charge on any atom is -0.296 e. The van der Waals surface area contributed by atoms with Crippen LogP contribution in [0.25, 0.3) is 5.69 Å². The summed E-state index contributed by atoms with van der Waals surface area (Å²) in [4.78, 5) is 11.0. The number of aldehydes is 1. The van der Waals surface area contributed by atoms with Gasteiger partial charge in [0.1, 0.15) is 11.5 Å². The van der Waals surface area contributed by atoms with Crippen molar-refractivity contribution < 1.29 is 9.18 Å². The molecule has 5 heteroatoms. The van der Waals surface area contributed by atoms with Crippen molar-refractivity contribution in [2.75, 3.05) is 0 Å². The third-order valence-electron chi connectivity index (χ3n) is 3.39. The zero-order chi connectivity index (χ0) is 12.5. The van der Waals surface area contributed by atoms with E-state index >= 15 is 0 Å². The van der Waals surface area contributed by atoms with Crippen molar-refractivity contribution in [1.82, 2.24) is 15.0 Å². The molecule has 4 nitrogen and oxygen atoms in total. The molecular weight excluding hydrogens is 233 g/mol. The predicted molar refractivity (Wildman–Crippen MR) is 63.3 cm³/mol. The van der Waals surface area contributed by atoms with Gasteiger partial charge in [0.15, 0.2) is 6.29 Å². The fourth-order valence-electron chi connectivity index (χ4n) is 2.25. The van der Waals surface area contributed by atoms with E-state index < -0.39 is 0 Å². The van der Waals surface area contributed by atoms with E-state index in [0.29, 0.717) is 17.3 Å². The van der Waals surface area contributed by atoms with Gasteiger partial charge in [-0.05, 0) is 31.0 Å². The second kappa shape index (κ2) is 4.33. The maximum atomic E-state index is 13.2. The standard InChI is InChI=1S/C13H12FN3O/c14-10-5-2-6-11(7-10)17-13(9-3-1-4-9)12(8-18)15-16-17/h2,5-9H,1,3-4H2. The third kappa shape index (κ3) is 1.72. The number of hydrogen-bond acceptors (Lipinski definition) is 3. The molecule has 1 saturated carbocycles. The summed E-state index contributed by atoms with van der Waals surface area (Å²) in [6.07, 6.45) is 3.93. The van der Waals surface area contributed by atoms with E-state index in [4.69, 9.17) is 0 Å². The molecule has 1 heterocycles. The summed E-state index contributed by atoms with van der Waals surface area (Å²) in [5.41, 5.74) is 1.78. The topological polar surface area (TPSA) is 47.8 Å². The number of halogens is 1. The average Bonchev–Trinajstić information content (AvgIpc) is 2.70. The van der Waals surface area contributed by atoms with Gasteiger partial charge in [0, 0.05) is 5.92 Å². The van der Waals surface area contributed by atoms with Gasteiger partial charge in [0.2, 0.25) is 0 Å². The van der Waals surface area contributed by atoms with E-state index in [-0.39, 0.29) is 5.82 Å². The Morgan fingerprint density at radius 3 is 2.83 bits per heavy atom. The number of carbonyl (C=O) groups is 1. The van der Waals surface area contributed by atoms with Crippen LogP contribution in [0.5, 0.6) is 0 Å². The van der Waals surface area contributed by atoms with Gasteiger partial charge in [0.05, 0.1) is 11.4 Å². The predicted octanol–water partition coefficient (Wildman–Crippen LogP) is 2.49. The maximum absolute atomic E-state index is 13.2. The highest BCUT2D eigenvalue weighted by atomic mass is 19.1. The lowest BCUT2D eigenvalue weighted by Gasteiger charge is -2.25. The first-order chi connectivity index (χ1) is 8.79. The zero-order valence-electron chi connectivity index (χ0n) is 9.71. The van der Waals surface area contributed by atoms with Crippen LogP contribution in [0.1, 0.15) is 41.4 Å². The molecule has 0 saturated heterocycles. The molecule has 0 aliphatic heterocycles. The molecule has 1 aliphatic rings. The minimum atomic E-state index is -0.324. The van der Waals surface area contributed by atoms with E-state index in [1.165, 1.54) is 12.1 Å². The first-order valence-electron chi connectivity index (χ1n) is 5.96. The molecule has 0 amide bonds. The summed E-state index contributed by atoms with van der Waals surface area (Å²) in [6, 6.07) is 6.15. The van der Waals surface area contributed by atoms with Crippen molar-refractivity contribution in [1.29, 1.82) is 0 Å². The van der Waals surface area contributed by atoms with Gasteiger partial charge in [-0.1, -0.05) is 17.7 Å². The Balaban J connectivity index is 2.11. The van der Waals surface area contributed by atoms with Crippen LogP contribution in [-0.2, 0) is 0 Å². The van der Waals surface area contributed by atoms with Crippen LogP contribution in [0.15, 0.2) is 24.3 Å². The van der Waals surface area contributed by atoms with Crippen LogP contribution < -0.4 is 0 Å². The van der Waals surface area contributed by atoms with E-state index in [1.54, 1.807) is 16.8 Å². The lowest BCUT2D eigenvalue weighted by molar-refractivity contribution is 0.111. The Hall–Kier alpha value is -2.04. The second-order valence-electron chi connectivity index (χ2n) is 4.50. The van der Waals surface area contributed by atoms with E-state index in [9.17, 15) is 9.18 Å². The monoisotopic (exact) mass is 245 g/mol. The molecule has 2 aromatic rings. The van der Waals surface area contributed by atoms with E-state index in [1.807, 2.05) is 0 Å². The summed E-state index contributed by atoms with van der Waals surface area (Å²) in [6.45, 7) is 0. The SMILES string of the molecule is O=Cc1nnn(-c2cccc(F)c2)c1C1CCC1. The van der Waals surface area contributed by atoms with Crippen molar-refractivity contribution in [3.8, 4) is 5.69 Å². The number of carbonyl (C=O) groups excluding carboxylic acids is 1. The largest absolute Gasteiger partial charge is 0.296 e. The lowest BCUT2D eigenvalue weighted by Crippen LogP contribution is -2.16. The number of rotatable bonds is 3. The molecule has 1 aromatic heterocycles. The molecule has 92 valence electrons. The maximum Gasteiger partial charge on any atom is 0.172 e. The second-order valence-corrected chi connectivity index (χ2v) is 4.50. The molecule has 0 N–H and O–H groups in total. The zero-order valence-corrected chi connectivity index (χ0v) is 9.71. The van der Waals surface area contributed by atoms with Crippen molar-refractivity contribution in [3.63, 3.8) is 0 Å². The Bertz CT molecular complexity index is 590. The van der Waals surface area contributed by atoms with Gasteiger partial charge in [-0.3, -0.25) is 4.79 Å². The van der Waals surface area contributed by atoms with Crippen molar-refractivity contribution in [3.05, 3.63) is 41.5 Å². The molecule has 3 rings (SSSR count). The van der Waals surface area contributed by atoms with Gasteiger partial charge in [-0.25, -0.2) is 9.07 Å². The normalized spacial score (nSPS) is 15.4. The lowest BCUT2D eigenvalue weighted by atomic mass is 9.82. The Labute approximate surface area is 103 Å². The van der Waals surface area contributed by atoms with E-state index in [2.05, 4.69) is 10.3 Å². The van der Waals surface area contributed by atoms with E-state index in [0.717, 1.165) is 31.2 Å². The van der Waals surface area contributed by atoms with Crippen LogP contribution >= 0.6 is 0 Å². The molecule has 0 spiro atoms. The van der Waals surface area contributed by atoms with Gasteiger partial charge >= 0.3 is 0 Å².